The Kier molecular flexibility index (Phi) is 4.96. The van der Waals surface area contributed by atoms with E-state index in [4.69, 9.17) is 4.74 Å². The topological polar surface area (TPSA) is 28.6 Å². The van der Waals surface area contributed by atoms with Crippen LogP contribution in [0.3, 0.4) is 0 Å². The van der Waals surface area contributed by atoms with Gasteiger partial charge < -0.3 is 9.64 Å². The molecule has 2 heterocycles. The van der Waals surface area contributed by atoms with Crippen molar-refractivity contribution < 1.29 is 17.9 Å². The van der Waals surface area contributed by atoms with Crippen molar-refractivity contribution in [3.63, 3.8) is 0 Å². The molecule has 8 heteroatoms. The van der Waals surface area contributed by atoms with Gasteiger partial charge in [-0.2, -0.15) is 13.2 Å². The van der Waals surface area contributed by atoms with Crippen LogP contribution in [0.2, 0.25) is 0 Å². The van der Waals surface area contributed by atoms with Crippen molar-refractivity contribution in [2.75, 3.05) is 38.2 Å². The van der Waals surface area contributed by atoms with E-state index in [9.17, 15) is 13.2 Å². The quantitative estimate of drug-likeness (QED) is 0.838. The summed E-state index contributed by atoms with van der Waals surface area (Å²) in [6.07, 6.45) is -4.36. The number of nitrogens with zero attached hydrogens (tertiary/aromatic N) is 3. The number of piperazine rings is 1. The fraction of sp³-hybridized carbons (Fsp3) is 0.438. The molecule has 0 bridgehead atoms. The van der Waals surface area contributed by atoms with E-state index in [0.717, 1.165) is 54.3 Å². The molecule has 2 aromatic rings. The Morgan fingerprint density at radius 1 is 1.12 bits per heavy atom. The molecule has 1 fully saturated rings. The van der Waals surface area contributed by atoms with Gasteiger partial charge in [0.1, 0.15) is 10.8 Å². The number of methoxy groups -OCH3 is 1. The summed E-state index contributed by atoms with van der Waals surface area (Å²) in [5.74, 6) is 0.821. The van der Waals surface area contributed by atoms with Gasteiger partial charge in [0.25, 0.3) is 0 Å². The molecule has 4 nitrogen and oxygen atoms in total. The number of halogens is 3. The fourth-order valence-electron chi connectivity index (χ4n) is 2.66. The monoisotopic (exact) mass is 357 g/mol. The summed E-state index contributed by atoms with van der Waals surface area (Å²) in [5.41, 5.74) is 0.337. The van der Waals surface area contributed by atoms with Gasteiger partial charge in [-0.15, -0.1) is 11.3 Å². The SMILES string of the molecule is COc1ccc(N2CCN(Cc3nc(C(F)(F)F)cs3)CC2)cc1. The Labute approximate surface area is 142 Å². The van der Waals surface area contributed by atoms with Gasteiger partial charge in [-0.05, 0) is 24.3 Å². The lowest BCUT2D eigenvalue weighted by atomic mass is 10.2. The van der Waals surface area contributed by atoms with Crippen molar-refractivity contribution >= 4 is 17.0 Å². The molecule has 0 radical (unpaired) electrons. The molecule has 0 N–H and O–H groups in total. The Morgan fingerprint density at radius 3 is 2.33 bits per heavy atom. The molecule has 0 atom stereocenters. The highest BCUT2D eigenvalue weighted by Crippen LogP contribution is 2.30. The maximum Gasteiger partial charge on any atom is 0.434 e. The minimum atomic E-state index is -4.36. The van der Waals surface area contributed by atoms with Crippen LogP contribution in [0, 0.1) is 0 Å². The number of hydrogen-bond donors (Lipinski definition) is 0. The molecule has 1 aliphatic heterocycles. The number of thiazole rings is 1. The number of anilines is 1. The van der Waals surface area contributed by atoms with Gasteiger partial charge in [-0.1, -0.05) is 0 Å². The number of ether oxygens (including phenoxy) is 1. The zero-order valence-corrected chi connectivity index (χ0v) is 14.0. The second-order valence-corrected chi connectivity index (χ2v) is 6.53. The number of aromatic nitrogens is 1. The van der Waals surface area contributed by atoms with E-state index in [-0.39, 0.29) is 0 Å². The third-order valence-corrected chi connectivity index (χ3v) is 4.84. The molecule has 0 aliphatic carbocycles. The average Bonchev–Trinajstić information content (AvgIpc) is 3.05. The zero-order chi connectivity index (χ0) is 17.2. The van der Waals surface area contributed by atoms with Crippen LogP contribution >= 0.6 is 11.3 Å². The molecule has 3 rings (SSSR count). The molecule has 1 saturated heterocycles. The molecular weight excluding hydrogens is 339 g/mol. The van der Waals surface area contributed by atoms with Crippen molar-refractivity contribution in [1.82, 2.24) is 9.88 Å². The highest BCUT2D eigenvalue weighted by atomic mass is 32.1. The Morgan fingerprint density at radius 2 is 1.79 bits per heavy atom. The fourth-order valence-corrected chi connectivity index (χ4v) is 3.50. The van der Waals surface area contributed by atoms with Gasteiger partial charge in [-0.3, -0.25) is 4.90 Å². The Bertz CT molecular complexity index is 664. The minimum Gasteiger partial charge on any atom is -0.497 e. The molecule has 1 aromatic carbocycles. The zero-order valence-electron chi connectivity index (χ0n) is 13.2. The number of benzene rings is 1. The minimum absolute atomic E-state index is 0.469. The second kappa shape index (κ2) is 6.98. The van der Waals surface area contributed by atoms with Gasteiger partial charge in [0.2, 0.25) is 0 Å². The number of rotatable bonds is 4. The van der Waals surface area contributed by atoms with Crippen molar-refractivity contribution in [2.45, 2.75) is 12.7 Å². The largest absolute Gasteiger partial charge is 0.497 e. The first-order valence-electron chi connectivity index (χ1n) is 7.58. The van der Waals surface area contributed by atoms with Gasteiger partial charge >= 0.3 is 6.18 Å². The molecular formula is C16H18F3N3OS. The highest BCUT2D eigenvalue weighted by Gasteiger charge is 2.33. The van der Waals surface area contributed by atoms with Crippen molar-refractivity contribution in [3.8, 4) is 5.75 Å². The first-order valence-corrected chi connectivity index (χ1v) is 8.46. The van der Waals surface area contributed by atoms with E-state index in [1.165, 1.54) is 0 Å². The maximum absolute atomic E-state index is 12.6. The lowest BCUT2D eigenvalue weighted by molar-refractivity contribution is -0.140. The van der Waals surface area contributed by atoms with Crippen LogP contribution in [0.15, 0.2) is 29.6 Å². The van der Waals surface area contributed by atoms with Crippen LogP contribution in [-0.4, -0.2) is 43.2 Å². The van der Waals surface area contributed by atoms with Crippen LogP contribution < -0.4 is 9.64 Å². The van der Waals surface area contributed by atoms with Crippen molar-refractivity contribution in [1.29, 1.82) is 0 Å². The maximum atomic E-state index is 12.6. The predicted molar refractivity (Wildman–Crippen MR) is 87.6 cm³/mol. The smallest absolute Gasteiger partial charge is 0.434 e. The Balaban J connectivity index is 1.54. The highest BCUT2D eigenvalue weighted by molar-refractivity contribution is 7.09. The summed E-state index contributed by atoms with van der Waals surface area (Å²) in [7, 11) is 1.64. The van der Waals surface area contributed by atoms with Crippen LogP contribution in [-0.2, 0) is 12.7 Å². The molecule has 0 unspecified atom stereocenters. The average molecular weight is 357 g/mol. The Hall–Kier alpha value is -1.80. The van der Waals surface area contributed by atoms with Crippen LogP contribution in [0.5, 0.6) is 5.75 Å². The molecule has 0 amide bonds. The molecule has 0 spiro atoms. The number of alkyl halides is 3. The van der Waals surface area contributed by atoms with Gasteiger partial charge in [0, 0.05) is 37.2 Å². The van der Waals surface area contributed by atoms with Gasteiger partial charge in [-0.25, -0.2) is 4.98 Å². The summed E-state index contributed by atoms with van der Waals surface area (Å²) in [6.45, 7) is 3.74. The van der Waals surface area contributed by atoms with Crippen molar-refractivity contribution in [3.05, 3.63) is 40.3 Å². The predicted octanol–water partition coefficient (Wildman–Crippen LogP) is 3.49. The third-order valence-electron chi connectivity index (χ3n) is 4.01. The van der Waals surface area contributed by atoms with E-state index >= 15 is 0 Å². The van der Waals surface area contributed by atoms with Gasteiger partial charge in [0.15, 0.2) is 5.69 Å². The third kappa shape index (κ3) is 3.99. The molecule has 0 saturated carbocycles. The van der Waals surface area contributed by atoms with E-state index < -0.39 is 11.9 Å². The second-order valence-electron chi connectivity index (χ2n) is 5.59. The lowest BCUT2D eigenvalue weighted by Crippen LogP contribution is -2.45. The summed E-state index contributed by atoms with van der Waals surface area (Å²) < 4.78 is 42.9. The summed E-state index contributed by atoms with van der Waals surface area (Å²) in [5, 5.41) is 1.60. The standard InChI is InChI=1S/C16H18F3N3OS/c1-23-13-4-2-12(3-5-13)22-8-6-21(7-9-22)10-15-20-14(11-24-15)16(17,18)19/h2-5,11H,6-10H2,1H3. The normalized spacial score (nSPS) is 16.4. The summed E-state index contributed by atoms with van der Waals surface area (Å²) in [4.78, 5) is 8.10. The van der Waals surface area contributed by atoms with Crippen LogP contribution in [0.4, 0.5) is 18.9 Å². The van der Waals surface area contributed by atoms with E-state index in [1.807, 2.05) is 24.3 Å². The van der Waals surface area contributed by atoms with E-state index in [1.54, 1.807) is 7.11 Å². The first kappa shape index (κ1) is 17.0. The van der Waals surface area contributed by atoms with E-state index in [2.05, 4.69) is 14.8 Å². The molecule has 1 aromatic heterocycles. The van der Waals surface area contributed by atoms with Crippen LogP contribution in [0.25, 0.3) is 0 Å². The molecule has 130 valence electrons. The molecule has 24 heavy (non-hydrogen) atoms. The number of hydrogen-bond acceptors (Lipinski definition) is 5. The first-order chi connectivity index (χ1) is 11.5. The lowest BCUT2D eigenvalue weighted by Gasteiger charge is -2.35. The van der Waals surface area contributed by atoms with Gasteiger partial charge in [0.05, 0.1) is 13.7 Å². The summed E-state index contributed by atoms with van der Waals surface area (Å²) >= 11 is 1.07. The summed E-state index contributed by atoms with van der Waals surface area (Å²) in [6, 6.07) is 7.89. The van der Waals surface area contributed by atoms with Crippen molar-refractivity contribution in [2.24, 2.45) is 0 Å². The van der Waals surface area contributed by atoms with Crippen LogP contribution in [0.1, 0.15) is 10.7 Å². The molecule has 1 aliphatic rings. The van der Waals surface area contributed by atoms with E-state index in [0.29, 0.717) is 11.6 Å².